The van der Waals surface area contributed by atoms with Crippen molar-refractivity contribution in [1.82, 2.24) is 20.3 Å². The highest BCUT2D eigenvalue weighted by molar-refractivity contribution is 7.17. The first-order valence-electron chi connectivity index (χ1n) is 7.59. The number of anilines is 1. The SMILES string of the molecule is C[C@H](Nc1nc(C(=O)NCCO)c2sccc2n1)c1cncc(F)c1. The second-order valence-electron chi connectivity index (χ2n) is 5.31. The summed E-state index contributed by atoms with van der Waals surface area (Å²) in [6, 6.07) is 2.87. The fourth-order valence-corrected chi connectivity index (χ4v) is 3.09. The molecule has 0 spiro atoms. The number of carbonyl (C=O) groups excluding carboxylic acids is 1. The molecule has 1 atom stereocenters. The van der Waals surface area contributed by atoms with Crippen LogP contribution in [0.4, 0.5) is 10.3 Å². The highest BCUT2D eigenvalue weighted by Gasteiger charge is 2.17. The maximum atomic E-state index is 13.3. The van der Waals surface area contributed by atoms with Gasteiger partial charge in [0.1, 0.15) is 5.82 Å². The molecule has 0 saturated carbocycles. The Morgan fingerprint density at radius 1 is 1.40 bits per heavy atom. The van der Waals surface area contributed by atoms with Gasteiger partial charge in [0.2, 0.25) is 5.95 Å². The standard InChI is InChI=1S/C16H16FN5O2S/c1-9(10-6-11(17)8-18-7-10)20-16-21-12-2-5-25-14(12)13(22-16)15(24)19-3-4-23/h2,5-9,23H,3-4H2,1H3,(H,19,24)(H,20,21,22)/t9-/m0/s1. The lowest BCUT2D eigenvalue weighted by Crippen LogP contribution is -2.27. The number of thiophene rings is 1. The maximum Gasteiger partial charge on any atom is 0.271 e. The normalized spacial score (nSPS) is 12.1. The molecule has 0 fully saturated rings. The van der Waals surface area contributed by atoms with Crippen molar-refractivity contribution in [2.75, 3.05) is 18.5 Å². The zero-order valence-electron chi connectivity index (χ0n) is 13.4. The van der Waals surface area contributed by atoms with Crippen LogP contribution in [-0.4, -0.2) is 39.1 Å². The maximum absolute atomic E-state index is 13.3. The smallest absolute Gasteiger partial charge is 0.271 e. The van der Waals surface area contributed by atoms with E-state index in [4.69, 9.17) is 5.11 Å². The Bertz CT molecular complexity index is 901. The predicted octanol–water partition coefficient (Wildman–Crippen LogP) is 2.12. The van der Waals surface area contributed by atoms with Crippen molar-refractivity contribution < 1.29 is 14.3 Å². The van der Waals surface area contributed by atoms with Gasteiger partial charge >= 0.3 is 0 Å². The minimum absolute atomic E-state index is 0.143. The fourth-order valence-electron chi connectivity index (χ4n) is 2.28. The Kier molecular flexibility index (Phi) is 5.15. The molecule has 3 heterocycles. The van der Waals surface area contributed by atoms with Crippen molar-refractivity contribution in [3.8, 4) is 0 Å². The largest absolute Gasteiger partial charge is 0.395 e. The second kappa shape index (κ2) is 7.49. The monoisotopic (exact) mass is 361 g/mol. The molecule has 0 radical (unpaired) electrons. The molecule has 0 aliphatic heterocycles. The second-order valence-corrected chi connectivity index (χ2v) is 6.23. The van der Waals surface area contributed by atoms with Crippen LogP contribution in [0.25, 0.3) is 10.2 Å². The van der Waals surface area contributed by atoms with E-state index in [1.807, 2.05) is 12.3 Å². The van der Waals surface area contributed by atoms with E-state index in [-0.39, 0.29) is 36.7 Å². The zero-order valence-corrected chi connectivity index (χ0v) is 14.2. The average molecular weight is 361 g/mol. The molecule has 130 valence electrons. The van der Waals surface area contributed by atoms with E-state index in [1.165, 1.54) is 17.4 Å². The Hall–Kier alpha value is -2.65. The van der Waals surface area contributed by atoms with E-state index < -0.39 is 5.82 Å². The van der Waals surface area contributed by atoms with Gasteiger partial charge in [-0.1, -0.05) is 0 Å². The third kappa shape index (κ3) is 3.89. The van der Waals surface area contributed by atoms with Crippen LogP contribution < -0.4 is 10.6 Å². The highest BCUT2D eigenvalue weighted by Crippen LogP contribution is 2.25. The van der Waals surface area contributed by atoms with Crippen LogP contribution in [0.15, 0.2) is 29.9 Å². The number of nitrogens with zero attached hydrogens (tertiary/aromatic N) is 3. The van der Waals surface area contributed by atoms with Gasteiger partial charge in [-0.2, -0.15) is 0 Å². The van der Waals surface area contributed by atoms with Crippen LogP contribution in [0.5, 0.6) is 0 Å². The molecule has 0 aliphatic carbocycles. The molecule has 1 amide bonds. The Labute approximate surface area is 147 Å². The molecule has 3 aromatic rings. The van der Waals surface area contributed by atoms with Gasteiger partial charge in [-0.25, -0.2) is 14.4 Å². The first-order valence-corrected chi connectivity index (χ1v) is 8.47. The number of aliphatic hydroxyl groups excluding tert-OH is 1. The van der Waals surface area contributed by atoms with Crippen LogP contribution in [-0.2, 0) is 0 Å². The Morgan fingerprint density at radius 2 is 2.24 bits per heavy atom. The summed E-state index contributed by atoms with van der Waals surface area (Å²) in [7, 11) is 0. The number of hydrogen-bond donors (Lipinski definition) is 3. The van der Waals surface area contributed by atoms with E-state index in [0.717, 1.165) is 6.20 Å². The van der Waals surface area contributed by atoms with Gasteiger partial charge in [0, 0.05) is 12.7 Å². The number of rotatable bonds is 6. The third-order valence-corrected chi connectivity index (χ3v) is 4.40. The fraction of sp³-hybridized carbons (Fsp3) is 0.250. The summed E-state index contributed by atoms with van der Waals surface area (Å²) < 4.78 is 14.0. The molecule has 3 aromatic heterocycles. The number of pyridine rings is 1. The number of fused-ring (bicyclic) bond motifs is 1. The summed E-state index contributed by atoms with van der Waals surface area (Å²) in [5, 5.41) is 16.3. The summed E-state index contributed by atoms with van der Waals surface area (Å²) in [5.74, 6) is -0.548. The summed E-state index contributed by atoms with van der Waals surface area (Å²) in [4.78, 5) is 24.8. The number of amides is 1. The van der Waals surface area contributed by atoms with E-state index in [0.29, 0.717) is 15.8 Å². The molecule has 0 aromatic carbocycles. The van der Waals surface area contributed by atoms with Crippen LogP contribution in [0.2, 0.25) is 0 Å². The molecular formula is C16H16FN5O2S. The van der Waals surface area contributed by atoms with Crippen LogP contribution >= 0.6 is 11.3 Å². The number of nitrogens with one attached hydrogen (secondary N) is 2. The quantitative estimate of drug-likeness (QED) is 0.622. The number of aromatic nitrogens is 3. The summed E-state index contributed by atoms with van der Waals surface area (Å²) in [6.45, 7) is 1.81. The van der Waals surface area contributed by atoms with E-state index in [9.17, 15) is 9.18 Å². The van der Waals surface area contributed by atoms with Crippen LogP contribution in [0.1, 0.15) is 29.0 Å². The van der Waals surface area contributed by atoms with Crippen molar-refractivity contribution in [2.24, 2.45) is 0 Å². The number of aliphatic hydroxyl groups is 1. The first kappa shape index (κ1) is 17.2. The minimum Gasteiger partial charge on any atom is -0.395 e. The van der Waals surface area contributed by atoms with Gasteiger partial charge < -0.3 is 15.7 Å². The van der Waals surface area contributed by atoms with Crippen molar-refractivity contribution in [3.63, 3.8) is 0 Å². The predicted molar refractivity (Wildman–Crippen MR) is 93.1 cm³/mol. The van der Waals surface area contributed by atoms with Crippen LogP contribution in [0.3, 0.4) is 0 Å². The van der Waals surface area contributed by atoms with Gasteiger partial charge in [0.25, 0.3) is 5.91 Å². The topological polar surface area (TPSA) is 100 Å². The molecule has 0 unspecified atom stereocenters. The zero-order chi connectivity index (χ0) is 17.8. The first-order chi connectivity index (χ1) is 12.1. The van der Waals surface area contributed by atoms with Crippen molar-refractivity contribution >= 4 is 33.4 Å². The molecule has 25 heavy (non-hydrogen) atoms. The lowest BCUT2D eigenvalue weighted by molar-refractivity contribution is 0.0942. The highest BCUT2D eigenvalue weighted by atomic mass is 32.1. The average Bonchev–Trinajstić information content (AvgIpc) is 3.07. The minimum atomic E-state index is -0.426. The van der Waals surface area contributed by atoms with Crippen molar-refractivity contribution in [2.45, 2.75) is 13.0 Å². The van der Waals surface area contributed by atoms with Gasteiger partial charge in [-0.3, -0.25) is 9.78 Å². The van der Waals surface area contributed by atoms with E-state index in [2.05, 4.69) is 25.6 Å². The number of hydrogen-bond acceptors (Lipinski definition) is 7. The number of halogens is 1. The summed E-state index contributed by atoms with van der Waals surface area (Å²) in [5.41, 5.74) is 1.52. The van der Waals surface area contributed by atoms with Gasteiger partial charge in [-0.05, 0) is 30.0 Å². The van der Waals surface area contributed by atoms with Gasteiger partial charge in [-0.15, -0.1) is 11.3 Å². The molecule has 9 heteroatoms. The molecule has 3 N–H and O–H groups in total. The van der Waals surface area contributed by atoms with Gasteiger partial charge in [0.05, 0.1) is 29.1 Å². The molecule has 0 bridgehead atoms. The van der Waals surface area contributed by atoms with Crippen molar-refractivity contribution in [1.29, 1.82) is 0 Å². The Morgan fingerprint density at radius 3 is 3.00 bits per heavy atom. The third-order valence-electron chi connectivity index (χ3n) is 3.49. The molecular weight excluding hydrogens is 345 g/mol. The molecule has 0 saturated heterocycles. The van der Waals surface area contributed by atoms with Crippen molar-refractivity contribution in [3.05, 3.63) is 47.0 Å². The van der Waals surface area contributed by atoms with E-state index >= 15 is 0 Å². The molecule has 0 aliphatic rings. The number of carbonyl (C=O) groups is 1. The lowest BCUT2D eigenvalue weighted by Gasteiger charge is -2.15. The van der Waals surface area contributed by atoms with Crippen LogP contribution in [0, 0.1) is 5.82 Å². The summed E-state index contributed by atoms with van der Waals surface area (Å²) >= 11 is 1.37. The summed E-state index contributed by atoms with van der Waals surface area (Å²) in [6.07, 6.45) is 2.69. The molecule has 3 rings (SSSR count). The van der Waals surface area contributed by atoms with E-state index in [1.54, 1.807) is 12.3 Å². The lowest BCUT2D eigenvalue weighted by atomic mass is 10.1. The van der Waals surface area contributed by atoms with Gasteiger partial charge in [0.15, 0.2) is 5.69 Å². The molecule has 7 nitrogen and oxygen atoms in total. The Balaban J connectivity index is 1.90.